The van der Waals surface area contributed by atoms with E-state index in [0.29, 0.717) is 98.7 Å². The van der Waals surface area contributed by atoms with Crippen molar-refractivity contribution in [2.24, 2.45) is 0 Å². The first kappa shape index (κ1) is 37.8. The van der Waals surface area contributed by atoms with Gasteiger partial charge in [-0.25, -0.2) is 9.37 Å². The number of carbonyl (C=O) groups is 2. The van der Waals surface area contributed by atoms with Gasteiger partial charge in [0.2, 0.25) is 11.8 Å². The first-order valence-corrected chi connectivity index (χ1v) is 18.7. The highest BCUT2D eigenvalue weighted by Gasteiger charge is 2.24. The fourth-order valence-corrected chi connectivity index (χ4v) is 8.04. The van der Waals surface area contributed by atoms with Crippen molar-refractivity contribution in [1.82, 2.24) is 31.2 Å². The molecule has 5 aromatic rings. The van der Waals surface area contributed by atoms with E-state index < -0.39 is 5.82 Å². The number of hydrogen-bond donors (Lipinski definition) is 4. The van der Waals surface area contributed by atoms with Crippen molar-refractivity contribution in [3.8, 4) is 45.1 Å². The average molecular weight is 792 g/mol. The Hall–Kier alpha value is -4.52. The number of hydrogen-bond acceptors (Lipinski definition) is 8. The van der Waals surface area contributed by atoms with E-state index in [1.54, 1.807) is 25.4 Å². The van der Waals surface area contributed by atoms with E-state index in [9.17, 15) is 9.59 Å². The Morgan fingerprint density at radius 1 is 0.833 bits per heavy atom. The monoisotopic (exact) mass is 790 g/mol. The van der Waals surface area contributed by atoms with E-state index in [1.165, 1.54) is 13.2 Å². The molecule has 4 N–H and O–H groups in total. The third-order valence-corrected chi connectivity index (χ3v) is 10.9. The van der Waals surface area contributed by atoms with Crippen LogP contribution in [0.4, 0.5) is 4.39 Å². The van der Waals surface area contributed by atoms with E-state index in [0.717, 1.165) is 23.8 Å². The molecule has 4 heterocycles. The third-order valence-electron chi connectivity index (χ3n) is 9.83. The molecule has 54 heavy (non-hydrogen) atoms. The number of ether oxygens (including phenoxy) is 2. The van der Waals surface area contributed by atoms with E-state index in [1.807, 2.05) is 36.4 Å². The molecule has 280 valence electrons. The smallest absolute Gasteiger partial charge is 0.220 e. The number of pyridine rings is 2. The number of benzene rings is 3. The Morgan fingerprint density at radius 3 is 2.19 bits per heavy atom. The molecule has 3 aromatic carbocycles. The first-order valence-electron chi connectivity index (χ1n) is 17.6. The Morgan fingerprint density at radius 2 is 1.52 bits per heavy atom. The Kier molecular flexibility index (Phi) is 11.5. The highest BCUT2D eigenvalue weighted by atomic mass is 35.5. The summed E-state index contributed by atoms with van der Waals surface area (Å²) in [5.74, 6) is 0.626. The van der Waals surface area contributed by atoms with Crippen LogP contribution in [0, 0.1) is 5.82 Å². The second kappa shape index (κ2) is 16.5. The largest absolute Gasteiger partial charge is 0.496 e. The quantitative estimate of drug-likeness (QED) is 0.0968. The third kappa shape index (κ3) is 7.83. The molecule has 2 aliphatic heterocycles. The van der Waals surface area contributed by atoms with Gasteiger partial charge in [0, 0.05) is 96.1 Å². The molecule has 2 fully saturated rings. The van der Waals surface area contributed by atoms with Crippen LogP contribution in [0.3, 0.4) is 0 Å². The van der Waals surface area contributed by atoms with Crippen LogP contribution in [0.1, 0.15) is 36.8 Å². The molecule has 2 amide bonds. The minimum absolute atomic E-state index is 0.0151. The predicted octanol–water partition coefficient (Wildman–Crippen LogP) is 7.48. The van der Waals surface area contributed by atoms with Crippen LogP contribution in [0.5, 0.6) is 11.5 Å². The van der Waals surface area contributed by atoms with Crippen LogP contribution < -0.4 is 30.7 Å². The average Bonchev–Trinajstić information content (AvgIpc) is 3.79. The van der Waals surface area contributed by atoms with Crippen LogP contribution in [-0.2, 0) is 22.7 Å². The van der Waals surface area contributed by atoms with Gasteiger partial charge in [-0.05, 0) is 49.2 Å². The van der Waals surface area contributed by atoms with Crippen molar-refractivity contribution in [2.75, 3.05) is 27.3 Å². The Balaban J connectivity index is 1.15. The zero-order chi connectivity index (χ0) is 37.9. The number of fused-ring (bicyclic) bond motifs is 1. The lowest BCUT2D eigenvalue weighted by Crippen LogP contribution is -2.35. The molecule has 0 bridgehead atoms. The Bertz CT molecular complexity index is 2260. The number of nitrogens with zero attached hydrogens (tertiary/aromatic N) is 2. The summed E-state index contributed by atoms with van der Waals surface area (Å²) < 4.78 is 27.0. The molecule has 0 spiro atoms. The van der Waals surface area contributed by atoms with Crippen molar-refractivity contribution in [3.63, 3.8) is 0 Å². The molecular weight excluding hydrogens is 754 g/mol. The number of amides is 2. The van der Waals surface area contributed by atoms with Gasteiger partial charge in [-0.1, -0.05) is 53.0 Å². The van der Waals surface area contributed by atoms with E-state index in [2.05, 4.69) is 26.3 Å². The summed E-state index contributed by atoms with van der Waals surface area (Å²) in [6.07, 6.45) is 4.19. The number of aromatic nitrogens is 2. The van der Waals surface area contributed by atoms with E-state index in [4.69, 9.17) is 49.3 Å². The molecule has 10 nitrogen and oxygen atoms in total. The Labute approximate surface area is 327 Å². The molecule has 7 rings (SSSR count). The predicted molar refractivity (Wildman–Crippen MR) is 210 cm³/mol. The van der Waals surface area contributed by atoms with Crippen LogP contribution in [0.2, 0.25) is 15.1 Å². The van der Waals surface area contributed by atoms with E-state index >= 15 is 4.39 Å². The maximum absolute atomic E-state index is 15.6. The van der Waals surface area contributed by atoms with Gasteiger partial charge in [0.15, 0.2) is 0 Å². The molecule has 14 heteroatoms. The maximum atomic E-state index is 15.6. The van der Waals surface area contributed by atoms with E-state index in [-0.39, 0.29) is 35.5 Å². The summed E-state index contributed by atoms with van der Waals surface area (Å²) in [6.45, 7) is 1.87. The SMILES string of the molecule is COc1cc(-c2nccc(-c3cccc(-c4ccc5c(OC)c(CNC[C@H]6CCC(=O)N6)cc(Cl)c5n4)c3Cl)c2Cl)cc(F)c1CNC[C@H]1CCC(=O)N1. The van der Waals surface area contributed by atoms with Crippen molar-refractivity contribution in [2.45, 2.75) is 50.9 Å². The van der Waals surface area contributed by atoms with Gasteiger partial charge < -0.3 is 30.7 Å². The lowest BCUT2D eigenvalue weighted by atomic mass is 9.98. The molecule has 2 aromatic heterocycles. The number of carbonyl (C=O) groups excluding carboxylic acids is 2. The lowest BCUT2D eigenvalue weighted by Gasteiger charge is -2.17. The minimum Gasteiger partial charge on any atom is -0.496 e. The van der Waals surface area contributed by atoms with Crippen molar-refractivity contribution >= 4 is 57.5 Å². The van der Waals surface area contributed by atoms with Crippen molar-refractivity contribution in [3.05, 3.63) is 92.8 Å². The fraction of sp³-hybridized carbons (Fsp3) is 0.300. The lowest BCUT2D eigenvalue weighted by molar-refractivity contribution is -0.120. The number of nitrogens with one attached hydrogen (secondary N) is 4. The molecule has 0 saturated carbocycles. The number of methoxy groups -OCH3 is 2. The van der Waals surface area contributed by atoms with Gasteiger partial charge in [-0.2, -0.15) is 0 Å². The normalized spacial score (nSPS) is 16.9. The van der Waals surface area contributed by atoms with Crippen LogP contribution >= 0.6 is 34.8 Å². The highest BCUT2D eigenvalue weighted by molar-refractivity contribution is 6.39. The molecule has 0 unspecified atom stereocenters. The summed E-state index contributed by atoms with van der Waals surface area (Å²) in [7, 11) is 3.10. The summed E-state index contributed by atoms with van der Waals surface area (Å²) >= 11 is 21.0. The number of halogens is 4. The molecule has 2 atom stereocenters. The second-order valence-corrected chi connectivity index (χ2v) is 14.5. The second-order valence-electron chi connectivity index (χ2n) is 13.3. The van der Waals surface area contributed by atoms with Gasteiger partial charge in [-0.3, -0.25) is 14.6 Å². The van der Waals surface area contributed by atoms with Gasteiger partial charge >= 0.3 is 0 Å². The van der Waals surface area contributed by atoms with Gasteiger partial charge in [-0.15, -0.1) is 0 Å². The fourth-order valence-electron chi connectivity index (χ4n) is 7.11. The van der Waals surface area contributed by atoms with Gasteiger partial charge in [0.05, 0.1) is 46.2 Å². The first-order chi connectivity index (χ1) is 26.1. The molecule has 0 radical (unpaired) electrons. The van der Waals surface area contributed by atoms with Crippen molar-refractivity contribution < 1.29 is 23.5 Å². The topological polar surface area (TPSA) is 126 Å². The van der Waals surface area contributed by atoms with Crippen LogP contribution in [-0.4, -0.2) is 61.2 Å². The minimum atomic E-state index is -0.476. The standard InChI is InChI=1S/C40H38Cl3FN6O4/c1-53-33-16-21(15-31(44)29(33)20-46-19-24-7-11-35(52)49-24)38-37(43)26(12-13-47-38)25-4-3-5-27(36(25)42)32-9-8-28-39(50-32)30(41)14-22(40(28)54-2)17-45-18-23-6-10-34(51)48-23/h3-5,8-9,12-16,23-24,45-46H,6-7,10-11,17-20H2,1-2H3,(H,48,51)(H,49,52)/t23-,24-/m1/s1. The summed E-state index contributed by atoms with van der Waals surface area (Å²) in [5.41, 5.74) is 5.09. The van der Waals surface area contributed by atoms with Crippen molar-refractivity contribution in [1.29, 1.82) is 0 Å². The summed E-state index contributed by atoms with van der Waals surface area (Å²) in [5, 5.41) is 14.4. The van der Waals surface area contributed by atoms with Gasteiger partial charge in [0.25, 0.3) is 0 Å². The summed E-state index contributed by atoms with van der Waals surface area (Å²) in [4.78, 5) is 32.5. The molecular formula is C40H38Cl3FN6O4. The number of rotatable bonds is 13. The highest BCUT2D eigenvalue weighted by Crippen LogP contribution is 2.43. The van der Waals surface area contributed by atoms with Crippen LogP contribution in [0.15, 0.2) is 60.8 Å². The molecule has 2 saturated heterocycles. The van der Waals surface area contributed by atoms with Gasteiger partial charge in [0.1, 0.15) is 17.3 Å². The zero-order valence-corrected chi connectivity index (χ0v) is 31.9. The molecule has 2 aliphatic rings. The molecule has 0 aliphatic carbocycles. The summed E-state index contributed by atoms with van der Waals surface area (Å²) in [6, 6.07) is 16.2. The zero-order valence-electron chi connectivity index (χ0n) is 29.6. The maximum Gasteiger partial charge on any atom is 0.220 e. The van der Waals surface area contributed by atoms with Crippen LogP contribution in [0.25, 0.3) is 44.5 Å².